The molecule has 1 atom stereocenters. The lowest BCUT2D eigenvalue weighted by Gasteiger charge is -2.18. The summed E-state index contributed by atoms with van der Waals surface area (Å²) >= 11 is 0. The van der Waals surface area contributed by atoms with Gasteiger partial charge in [-0.1, -0.05) is 268 Å². The first-order valence-electron chi connectivity index (χ1n) is 32.1. The Bertz CT molecular complexity index is 1270. The zero-order chi connectivity index (χ0) is 52.9. The topological polar surface area (TPSA) is 78.9 Å². The van der Waals surface area contributed by atoms with Gasteiger partial charge in [-0.05, 0) is 103 Å². The number of carbonyl (C=O) groups is 3. The third-order valence-corrected chi connectivity index (χ3v) is 14.3. The minimum atomic E-state index is -0.779. The predicted octanol–water partition coefficient (Wildman–Crippen LogP) is 21.8. The van der Waals surface area contributed by atoms with Crippen molar-refractivity contribution in [1.82, 2.24) is 0 Å². The molecule has 0 aromatic heterocycles. The van der Waals surface area contributed by atoms with Gasteiger partial charge in [-0.25, -0.2) is 0 Å². The second-order valence-corrected chi connectivity index (χ2v) is 21.7. The fraction of sp³-hybridized carbons (Fsp3) is 0.836. The van der Waals surface area contributed by atoms with Gasteiger partial charge in [0.1, 0.15) is 13.2 Å². The monoisotopic (exact) mass is 1020 g/mol. The van der Waals surface area contributed by atoms with E-state index in [1.165, 1.54) is 231 Å². The number of carbonyl (C=O) groups excluding carboxylic acids is 3. The lowest BCUT2D eigenvalue weighted by molar-refractivity contribution is -0.167. The van der Waals surface area contributed by atoms with Crippen LogP contribution < -0.4 is 0 Å². The second kappa shape index (κ2) is 61.9. The van der Waals surface area contributed by atoms with Gasteiger partial charge >= 0.3 is 17.9 Å². The summed E-state index contributed by atoms with van der Waals surface area (Å²) in [5.41, 5.74) is 0. The van der Waals surface area contributed by atoms with E-state index in [-0.39, 0.29) is 31.1 Å². The highest BCUT2D eigenvalue weighted by atomic mass is 16.6. The molecule has 0 radical (unpaired) electrons. The summed E-state index contributed by atoms with van der Waals surface area (Å²) in [4.78, 5) is 38.3. The van der Waals surface area contributed by atoms with Crippen LogP contribution >= 0.6 is 0 Å². The number of ether oxygens (including phenoxy) is 3. The van der Waals surface area contributed by atoms with Crippen LogP contribution in [0.15, 0.2) is 48.6 Å². The molecule has 0 N–H and O–H groups in total. The van der Waals surface area contributed by atoms with Crippen molar-refractivity contribution in [3.63, 3.8) is 0 Å². The minimum Gasteiger partial charge on any atom is -0.462 e. The SMILES string of the molecule is CCCCC/C=C\C/C=C\CCCCCCCCCC(=O)OC[C@H](COC(=O)CCCCCCCCCCC/C=C\CCCCCCCC)OC(=O)CCCCCCCCCCC/C=C\CCCCCCCC. The van der Waals surface area contributed by atoms with Crippen molar-refractivity contribution in [2.75, 3.05) is 13.2 Å². The molecule has 0 aliphatic carbocycles. The molecule has 0 saturated heterocycles. The first-order valence-corrected chi connectivity index (χ1v) is 32.1. The van der Waals surface area contributed by atoms with E-state index >= 15 is 0 Å². The molecule has 0 fully saturated rings. The van der Waals surface area contributed by atoms with Gasteiger partial charge in [0.15, 0.2) is 6.10 Å². The van der Waals surface area contributed by atoms with Gasteiger partial charge in [0, 0.05) is 19.3 Å². The van der Waals surface area contributed by atoms with Crippen molar-refractivity contribution in [2.24, 2.45) is 0 Å². The maximum Gasteiger partial charge on any atom is 0.306 e. The van der Waals surface area contributed by atoms with Gasteiger partial charge in [-0.2, -0.15) is 0 Å². The summed E-state index contributed by atoms with van der Waals surface area (Å²) in [5.74, 6) is -0.867. The highest BCUT2D eigenvalue weighted by Crippen LogP contribution is 2.17. The maximum absolute atomic E-state index is 12.9. The van der Waals surface area contributed by atoms with E-state index in [4.69, 9.17) is 14.2 Å². The summed E-state index contributed by atoms with van der Waals surface area (Å²) < 4.78 is 16.9. The summed E-state index contributed by atoms with van der Waals surface area (Å²) in [6.07, 6.45) is 76.8. The van der Waals surface area contributed by atoms with Crippen LogP contribution in [-0.4, -0.2) is 37.2 Å². The third-order valence-electron chi connectivity index (χ3n) is 14.3. The van der Waals surface area contributed by atoms with Crippen molar-refractivity contribution in [3.05, 3.63) is 48.6 Å². The number of unbranched alkanes of at least 4 members (excludes halogenated alkanes) is 40. The van der Waals surface area contributed by atoms with E-state index < -0.39 is 6.10 Å². The van der Waals surface area contributed by atoms with Crippen molar-refractivity contribution >= 4 is 17.9 Å². The summed E-state index contributed by atoms with van der Waals surface area (Å²) in [7, 11) is 0. The van der Waals surface area contributed by atoms with Crippen LogP contribution in [0.4, 0.5) is 0 Å². The summed E-state index contributed by atoms with van der Waals surface area (Å²) in [6, 6.07) is 0. The molecule has 0 unspecified atom stereocenters. The van der Waals surface area contributed by atoms with E-state index in [1.54, 1.807) is 0 Å². The van der Waals surface area contributed by atoms with Gasteiger partial charge in [0.25, 0.3) is 0 Å². The normalized spacial score (nSPS) is 12.3. The van der Waals surface area contributed by atoms with Gasteiger partial charge in [-0.15, -0.1) is 0 Å². The quantitative estimate of drug-likeness (QED) is 0.0261. The molecule has 6 heteroatoms. The number of esters is 3. The van der Waals surface area contributed by atoms with E-state index in [1.807, 2.05) is 0 Å². The molecule has 0 amide bonds. The molecule has 0 aliphatic heterocycles. The number of allylic oxidation sites excluding steroid dienone is 8. The Balaban J connectivity index is 4.36. The van der Waals surface area contributed by atoms with Gasteiger partial charge in [0.2, 0.25) is 0 Å². The van der Waals surface area contributed by atoms with Crippen molar-refractivity contribution in [2.45, 2.75) is 348 Å². The second-order valence-electron chi connectivity index (χ2n) is 21.7. The largest absolute Gasteiger partial charge is 0.462 e. The zero-order valence-electron chi connectivity index (χ0n) is 48.9. The number of rotatable bonds is 59. The van der Waals surface area contributed by atoms with Crippen LogP contribution in [0, 0.1) is 0 Å². The predicted molar refractivity (Wildman–Crippen MR) is 316 cm³/mol. The highest BCUT2D eigenvalue weighted by molar-refractivity contribution is 5.71. The van der Waals surface area contributed by atoms with Crippen molar-refractivity contribution < 1.29 is 28.6 Å². The Kier molecular flexibility index (Phi) is 59.7. The lowest BCUT2D eigenvalue weighted by atomic mass is 10.1. The Morgan fingerprint density at radius 1 is 0.274 bits per heavy atom. The molecule has 426 valence electrons. The van der Waals surface area contributed by atoms with Crippen LogP contribution in [-0.2, 0) is 28.6 Å². The Hall–Kier alpha value is -2.63. The first kappa shape index (κ1) is 70.4. The van der Waals surface area contributed by atoms with Crippen LogP contribution in [0.1, 0.15) is 342 Å². The minimum absolute atomic E-state index is 0.0752. The molecule has 0 rings (SSSR count). The first-order chi connectivity index (χ1) is 36.0. The molecule has 0 aromatic rings. The van der Waals surface area contributed by atoms with Crippen molar-refractivity contribution in [1.29, 1.82) is 0 Å². The molecule has 0 aliphatic rings. The average Bonchev–Trinajstić information content (AvgIpc) is 3.39. The molecule has 0 aromatic carbocycles. The Morgan fingerprint density at radius 3 is 0.795 bits per heavy atom. The highest BCUT2D eigenvalue weighted by Gasteiger charge is 2.19. The van der Waals surface area contributed by atoms with Gasteiger partial charge in [0.05, 0.1) is 0 Å². The van der Waals surface area contributed by atoms with Gasteiger partial charge < -0.3 is 14.2 Å². The number of hydrogen-bond acceptors (Lipinski definition) is 6. The number of hydrogen-bond donors (Lipinski definition) is 0. The molecule has 0 bridgehead atoms. The standard InChI is InChI=1S/C67H122O6/c1-4-7-10-13-16-19-22-25-28-31-33-36-39-42-45-48-51-54-57-60-66(69)72-63-64(62-71-65(68)59-56-53-50-47-44-41-38-35-30-27-24-21-18-15-12-9-6-3)73-67(70)61-58-55-52-49-46-43-40-37-34-32-29-26-23-20-17-14-11-8-5-2/h18,21,25-30,64H,4-17,19-20,22-24,31-63H2,1-3H3/b21-18-,28-25-,29-26-,30-27-/t64-/m1/s1. The van der Waals surface area contributed by atoms with Crippen molar-refractivity contribution in [3.8, 4) is 0 Å². The molecular formula is C67H122O6. The lowest BCUT2D eigenvalue weighted by Crippen LogP contribution is -2.30. The van der Waals surface area contributed by atoms with Crippen LogP contribution in [0.25, 0.3) is 0 Å². The smallest absolute Gasteiger partial charge is 0.306 e. The van der Waals surface area contributed by atoms with Crippen LogP contribution in [0.3, 0.4) is 0 Å². The van der Waals surface area contributed by atoms with E-state index in [2.05, 4.69) is 69.4 Å². The molecular weight excluding hydrogens is 901 g/mol. The summed E-state index contributed by atoms with van der Waals surface area (Å²) in [6.45, 7) is 6.65. The maximum atomic E-state index is 12.9. The van der Waals surface area contributed by atoms with Crippen LogP contribution in [0.2, 0.25) is 0 Å². The molecule has 0 heterocycles. The zero-order valence-corrected chi connectivity index (χ0v) is 48.9. The Morgan fingerprint density at radius 2 is 0.493 bits per heavy atom. The molecule has 0 spiro atoms. The Labute approximate surface area is 454 Å². The van der Waals surface area contributed by atoms with E-state index in [0.717, 1.165) is 70.6 Å². The average molecular weight is 1020 g/mol. The van der Waals surface area contributed by atoms with Gasteiger partial charge in [-0.3, -0.25) is 14.4 Å². The summed E-state index contributed by atoms with van der Waals surface area (Å²) in [5, 5.41) is 0. The molecule has 0 saturated carbocycles. The fourth-order valence-electron chi connectivity index (χ4n) is 9.41. The van der Waals surface area contributed by atoms with E-state index in [9.17, 15) is 14.4 Å². The van der Waals surface area contributed by atoms with E-state index in [0.29, 0.717) is 19.3 Å². The third kappa shape index (κ3) is 60.1. The fourth-order valence-corrected chi connectivity index (χ4v) is 9.41. The molecule has 73 heavy (non-hydrogen) atoms. The molecule has 6 nitrogen and oxygen atoms in total. The van der Waals surface area contributed by atoms with Crippen LogP contribution in [0.5, 0.6) is 0 Å².